The third-order valence-corrected chi connectivity index (χ3v) is 6.45. The highest BCUT2D eigenvalue weighted by molar-refractivity contribution is 7.89. The number of hydrogen-bond donors (Lipinski definition) is 1. The molecule has 1 aliphatic rings. The lowest BCUT2D eigenvalue weighted by molar-refractivity contribution is -0.385. The molecule has 0 spiro atoms. The van der Waals surface area contributed by atoms with E-state index in [1.54, 1.807) is 13.0 Å². The molecule has 1 atom stereocenters. The van der Waals surface area contributed by atoms with Crippen LogP contribution in [-0.2, 0) is 10.0 Å². The number of benzene rings is 2. The molecular weight excluding hydrogens is 361 g/mol. The molecule has 7 nitrogen and oxygen atoms in total. The molecule has 0 radical (unpaired) electrons. The van der Waals surface area contributed by atoms with Gasteiger partial charge in [-0.25, -0.2) is 12.8 Å². The molecule has 1 saturated heterocycles. The minimum absolute atomic E-state index is 0.102. The maximum Gasteiger partial charge on any atom is 0.270 e. The highest BCUT2D eigenvalue weighted by Crippen LogP contribution is 2.32. The third-order valence-electron chi connectivity index (χ3n) is 4.40. The predicted octanol–water partition coefficient (Wildman–Crippen LogP) is 2.38. The Bertz CT molecular complexity index is 949. The zero-order valence-corrected chi connectivity index (χ0v) is 14.9. The number of hydrogen-bond acceptors (Lipinski definition) is 5. The first-order chi connectivity index (χ1) is 12.3. The molecule has 1 aliphatic heterocycles. The van der Waals surface area contributed by atoms with E-state index in [0.717, 1.165) is 6.07 Å². The van der Waals surface area contributed by atoms with Crippen molar-refractivity contribution in [3.63, 3.8) is 0 Å². The summed E-state index contributed by atoms with van der Waals surface area (Å²) in [4.78, 5) is 10.3. The van der Waals surface area contributed by atoms with Gasteiger partial charge < -0.3 is 5.32 Å². The van der Waals surface area contributed by atoms with Crippen molar-refractivity contribution < 1.29 is 17.7 Å². The van der Waals surface area contributed by atoms with Crippen LogP contribution in [0.4, 0.5) is 10.1 Å². The number of nitrogens with one attached hydrogen (secondary N) is 1. The molecule has 1 unspecified atom stereocenters. The lowest BCUT2D eigenvalue weighted by Gasteiger charge is -2.35. The fraction of sp³-hybridized carbons (Fsp3) is 0.294. The van der Waals surface area contributed by atoms with Crippen molar-refractivity contribution in [2.24, 2.45) is 0 Å². The molecule has 138 valence electrons. The fourth-order valence-electron chi connectivity index (χ4n) is 3.08. The summed E-state index contributed by atoms with van der Waals surface area (Å²) >= 11 is 0. The van der Waals surface area contributed by atoms with Gasteiger partial charge in [-0.2, -0.15) is 4.31 Å². The normalized spacial score (nSPS) is 18.6. The van der Waals surface area contributed by atoms with Crippen LogP contribution in [0.5, 0.6) is 0 Å². The summed E-state index contributed by atoms with van der Waals surface area (Å²) in [7, 11) is -3.99. The van der Waals surface area contributed by atoms with Gasteiger partial charge in [-0.1, -0.05) is 18.2 Å². The Labute approximate surface area is 150 Å². The summed E-state index contributed by atoms with van der Waals surface area (Å²) < 4.78 is 41.4. The van der Waals surface area contributed by atoms with Gasteiger partial charge in [0, 0.05) is 31.8 Å². The van der Waals surface area contributed by atoms with Crippen LogP contribution in [0.3, 0.4) is 0 Å². The van der Waals surface area contributed by atoms with Gasteiger partial charge in [-0.05, 0) is 30.2 Å². The van der Waals surface area contributed by atoms with E-state index in [-0.39, 0.29) is 17.1 Å². The predicted molar refractivity (Wildman–Crippen MR) is 93.7 cm³/mol. The van der Waals surface area contributed by atoms with Crippen molar-refractivity contribution in [1.82, 2.24) is 9.62 Å². The summed E-state index contributed by atoms with van der Waals surface area (Å²) in [5.41, 5.74) is 0.669. The summed E-state index contributed by atoms with van der Waals surface area (Å²) in [5, 5.41) is 14.2. The maximum absolute atomic E-state index is 13.6. The second-order valence-corrected chi connectivity index (χ2v) is 7.96. The lowest BCUT2D eigenvalue weighted by Crippen LogP contribution is -2.48. The first kappa shape index (κ1) is 18.4. The van der Waals surface area contributed by atoms with E-state index in [1.165, 1.54) is 34.6 Å². The van der Waals surface area contributed by atoms with Crippen molar-refractivity contribution in [2.75, 3.05) is 19.6 Å². The minimum Gasteiger partial charge on any atom is -0.313 e. The van der Waals surface area contributed by atoms with E-state index in [4.69, 9.17) is 0 Å². The molecule has 2 aromatic rings. The monoisotopic (exact) mass is 379 g/mol. The Morgan fingerprint density at radius 2 is 2.04 bits per heavy atom. The molecule has 1 heterocycles. The number of aryl methyl sites for hydroxylation is 1. The highest BCUT2D eigenvalue weighted by atomic mass is 32.2. The van der Waals surface area contributed by atoms with E-state index >= 15 is 0 Å². The molecule has 0 bridgehead atoms. The highest BCUT2D eigenvalue weighted by Gasteiger charge is 2.36. The smallest absolute Gasteiger partial charge is 0.270 e. The van der Waals surface area contributed by atoms with Crippen LogP contribution in [0.2, 0.25) is 0 Å². The van der Waals surface area contributed by atoms with Gasteiger partial charge in [0.25, 0.3) is 5.69 Å². The van der Waals surface area contributed by atoms with Crippen LogP contribution < -0.4 is 5.32 Å². The molecule has 3 rings (SSSR count). The fourth-order valence-corrected chi connectivity index (χ4v) is 4.94. The number of rotatable bonds is 4. The topological polar surface area (TPSA) is 92.5 Å². The Morgan fingerprint density at radius 3 is 2.73 bits per heavy atom. The molecule has 0 aliphatic carbocycles. The zero-order valence-electron chi connectivity index (χ0n) is 14.1. The van der Waals surface area contributed by atoms with E-state index in [9.17, 15) is 22.9 Å². The van der Waals surface area contributed by atoms with Gasteiger partial charge in [0.15, 0.2) is 0 Å². The minimum atomic E-state index is -3.99. The molecule has 1 fully saturated rings. The molecular formula is C17H18FN3O4S. The van der Waals surface area contributed by atoms with Crippen molar-refractivity contribution >= 4 is 15.7 Å². The molecule has 0 amide bonds. The van der Waals surface area contributed by atoms with Crippen LogP contribution in [0.15, 0.2) is 47.4 Å². The van der Waals surface area contributed by atoms with Crippen molar-refractivity contribution in [2.45, 2.75) is 17.9 Å². The SMILES string of the molecule is Cc1ccc([N+](=O)[O-])cc1S(=O)(=O)N1CCNCC1c1cccc(F)c1. The molecule has 2 aromatic carbocycles. The third kappa shape index (κ3) is 3.46. The Hall–Kier alpha value is -2.36. The van der Waals surface area contributed by atoms with Crippen molar-refractivity contribution in [3.8, 4) is 0 Å². The van der Waals surface area contributed by atoms with Crippen LogP contribution in [0, 0.1) is 22.9 Å². The van der Waals surface area contributed by atoms with Crippen molar-refractivity contribution in [3.05, 3.63) is 69.5 Å². The average Bonchev–Trinajstić information content (AvgIpc) is 2.61. The maximum atomic E-state index is 13.6. The number of nitrogens with zero attached hydrogens (tertiary/aromatic N) is 2. The van der Waals surface area contributed by atoms with E-state index < -0.39 is 26.8 Å². The van der Waals surface area contributed by atoms with Crippen LogP contribution >= 0.6 is 0 Å². The zero-order chi connectivity index (χ0) is 18.9. The van der Waals surface area contributed by atoms with Crippen LogP contribution in [-0.4, -0.2) is 37.3 Å². The Morgan fingerprint density at radius 1 is 1.27 bits per heavy atom. The number of nitro groups is 1. The Kier molecular flexibility index (Phi) is 5.03. The second kappa shape index (κ2) is 7.10. The van der Waals surface area contributed by atoms with Gasteiger partial charge >= 0.3 is 0 Å². The summed E-state index contributed by atoms with van der Waals surface area (Å²) in [6, 6.07) is 8.98. The van der Waals surface area contributed by atoms with Crippen LogP contribution in [0.25, 0.3) is 0 Å². The molecule has 26 heavy (non-hydrogen) atoms. The van der Waals surface area contributed by atoms with Gasteiger partial charge in [0.05, 0.1) is 15.9 Å². The Balaban J connectivity index is 2.07. The average molecular weight is 379 g/mol. The summed E-state index contributed by atoms with van der Waals surface area (Å²) in [5.74, 6) is -0.447. The van der Waals surface area contributed by atoms with Gasteiger partial charge in [0.2, 0.25) is 10.0 Å². The summed E-state index contributed by atoms with van der Waals surface area (Å²) in [6.07, 6.45) is 0. The van der Waals surface area contributed by atoms with Crippen LogP contribution in [0.1, 0.15) is 17.2 Å². The quantitative estimate of drug-likeness (QED) is 0.650. The molecule has 0 aromatic heterocycles. The molecule has 0 saturated carbocycles. The number of non-ortho nitro benzene ring substituents is 1. The van der Waals surface area contributed by atoms with Gasteiger partial charge in [-0.15, -0.1) is 0 Å². The number of nitro benzene ring substituents is 1. The standard InChI is InChI=1S/C17H18FN3O4S/c1-12-5-6-15(21(22)23)10-17(12)26(24,25)20-8-7-19-11-16(20)13-3-2-4-14(18)9-13/h2-6,9-10,16,19H,7-8,11H2,1H3. The number of piperazine rings is 1. The number of halogens is 1. The molecule has 9 heteroatoms. The second-order valence-electron chi connectivity index (χ2n) is 6.10. The number of sulfonamides is 1. The van der Waals surface area contributed by atoms with Crippen molar-refractivity contribution in [1.29, 1.82) is 0 Å². The largest absolute Gasteiger partial charge is 0.313 e. The first-order valence-corrected chi connectivity index (χ1v) is 9.48. The van der Waals surface area contributed by atoms with Gasteiger partial charge in [0.1, 0.15) is 5.82 Å². The summed E-state index contributed by atoms with van der Waals surface area (Å²) in [6.45, 7) is 2.55. The van der Waals surface area contributed by atoms with E-state index in [0.29, 0.717) is 24.2 Å². The lowest BCUT2D eigenvalue weighted by atomic mass is 10.1. The molecule has 1 N–H and O–H groups in total. The van der Waals surface area contributed by atoms with Gasteiger partial charge in [-0.3, -0.25) is 10.1 Å². The van der Waals surface area contributed by atoms with E-state index in [1.807, 2.05) is 0 Å². The first-order valence-electron chi connectivity index (χ1n) is 8.04. The van der Waals surface area contributed by atoms with E-state index in [2.05, 4.69) is 5.32 Å².